The minimum absolute atomic E-state index is 0.592. The molecular weight excluding hydrogens is 266 g/mol. The number of hydrogen-bond acceptors (Lipinski definition) is 6. The van der Waals surface area contributed by atoms with Gasteiger partial charge in [0.2, 0.25) is 5.95 Å². The zero-order valence-electron chi connectivity index (χ0n) is 12.7. The quantitative estimate of drug-likeness (QED) is 0.857. The van der Waals surface area contributed by atoms with Gasteiger partial charge in [-0.05, 0) is 19.5 Å². The van der Waals surface area contributed by atoms with Gasteiger partial charge in [-0.1, -0.05) is 0 Å². The second kappa shape index (κ2) is 7.15. The van der Waals surface area contributed by atoms with E-state index in [-0.39, 0.29) is 0 Å². The summed E-state index contributed by atoms with van der Waals surface area (Å²) in [6.45, 7) is 7.05. The molecule has 2 aliphatic heterocycles. The van der Waals surface area contributed by atoms with Gasteiger partial charge in [0, 0.05) is 63.7 Å². The van der Waals surface area contributed by atoms with Gasteiger partial charge in [-0.2, -0.15) is 0 Å². The van der Waals surface area contributed by atoms with Gasteiger partial charge in [-0.25, -0.2) is 9.97 Å². The highest BCUT2D eigenvalue weighted by molar-refractivity contribution is 5.29. The Hall–Kier alpha value is -1.24. The summed E-state index contributed by atoms with van der Waals surface area (Å²) in [5.41, 5.74) is 0. The highest BCUT2D eigenvalue weighted by Crippen LogP contribution is 2.17. The number of hydrogen-bond donors (Lipinski definition) is 1. The van der Waals surface area contributed by atoms with Crippen molar-refractivity contribution in [2.75, 3.05) is 57.9 Å². The van der Waals surface area contributed by atoms with Crippen LogP contribution < -0.4 is 10.2 Å². The van der Waals surface area contributed by atoms with Crippen molar-refractivity contribution in [2.24, 2.45) is 5.92 Å². The van der Waals surface area contributed by atoms with Crippen LogP contribution in [0.15, 0.2) is 18.5 Å². The van der Waals surface area contributed by atoms with Crippen LogP contribution in [0.4, 0.5) is 5.95 Å². The van der Waals surface area contributed by atoms with E-state index in [1.54, 1.807) is 0 Å². The Balaban J connectivity index is 1.49. The predicted octanol–water partition coefficient (Wildman–Crippen LogP) is 0.223. The topological polar surface area (TPSA) is 53.5 Å². The average Bonchev–Trinajstić information content (AvgIpc) is 2.57. The summed E-state index contributed by atoms with van der Waals surface area (Å²) >= 11 is 0. The van der Waals surface area contributed by atoms with Gasteiger partial charge in [-0.3, -0.25) is 4.90 Å². The van der Waals surface area contributed by atoms with Crippen LogP contribution >= 0.6 is 0 Å². The molecule has 0 spiro atoms. The molecule has 1 aromatic heterocycles. The van der Waals surface area contributed by atoms with E-state index in [2.05, 4.69) is 32.1 Å². The number of ether oxygens (including phenoxy) is 1. The van der Waals surface area contributed by atoms with Gasteiger partial charge in [0.25, 0.3) is 0 Å². The predicted molar refractivity (Wildman–Crippen MR) is 82.5 cm³/mol. The van der Waals surface area contributed by atoms with Crippen molar-refractivity contribution in [3.05, 3.63) is 18.5 Å². The van der Waals surface area contributed by atoms with Crippen molar-refractivity contribution in [2.45, 2.75) is 12.5 Å². The Morgan fingerprint density at radius 2 is 2.00 bits per heavy atom. The summed E-state index contributed by atoms with van der Waals surface area (Å²) in [6.07, 6.45) is 4.75. The zero-order valence-corrected chi connectivity index (χ0v) is 12.7. The van der Waals surface area contributed by atoms with Gasteiger partial charge in [0.05, 0.1) is 6.61 Å². The standard InChI is InChI=1S/C15H25N5O/c1-16-14-3-10-21-12-13(14)11-19-6-8-20(9-7-19)15-17-4-2-5-18-15/h2,4-5,13-14,16H,3,6-12H2,1H3. The van der Waals surface area contributed by atoms with Crippen molar-refractivity contribution in [1.29, 1.82) is 0 Å². The molecule has 2 aliphatic rings. The molecule has 116 valence electrons. The van der Waals surface area contributed by atoms with Gasteiger partial charge < -0.3 is 15.0 Å². The van der Waals surface area contributed by atoms with Gasteiger partial charge in [0.15, 0.2) is 0 Å². The van der Waals surface area contributed by atoms with E-state index in [0.29, 0.717) is 12.0 Å². The van der Waals surface area contributed by atoms with Crippen LogP contribution in [0.3, 0.4) is 0 Å². The molecule has 2 atom stereocenters. The van der Waals surface area contributed by atoms with Crippen LogP contribution in [0.1, 0.15) is 6.42 Å². The van der Waals surface area contributed by atoms with E-state index in [1.165, 1.54) is 0 Å². The maximum Gasteiger partial charge on any atom is 0.225 e. The summed E-state index contributed by atoms with van der Waals surface area (Å²) in [5, 5.41) is 3.44. The third-order valence-corrected chi connectivity index (χ3v) is 4.54. The molecule has 1 aromatic rings. The third kappa shape index (κ3) is 3.70. The Bertz CT molecular complexity index is 421. The number of nitrogens with zero attached hydrogens (tertiary/aromatic N) is 4. The van der Waals surface area contributed by atoms with Crippen molar-refractivity contribution in [1.82, 2.24) is 20.2 Å². The molecule has 3 rings (SSSR count). The monoisotopic (exact) mass is 291 g/mol. The Labute approximate surface area is 126 Å². The second-order valence-electron chi connectivity index (χ2n) is 5.86. The summed E-state index contributed by atoms with van der Waals surface area (Å²) < 4.78 is 5.65. The van der Waals surface area contributed by atoms with E-state index in [4.69, 9.17) is 4.74 Å². The lowest BCUT2D eigenvalue weighted by molar-refractivity contribution is 0.0177. The van der Waals surface area contributed by atoms with E-state index >= 15 is 0 Å². The fourth-order valence-corrected chi connectivity index (χ4v) is 3.27. The Morgan fingerprint density at radius 1 is 1.24 bits per heavy atom. The molecule has 21 heavy (non-hydrogen) atoms. The van der Waals surface area contributed by atoms with Gasteiger partial charge in [-0.15, -0.1) is 0 Å². The molecule has 6 heteroatoms. The lowest BCUT2D eigenvalue weighted by Crippen LogP contribution is -2.52. The molecule has 0 amide bonds. The molecule has 6 nitrogen and oxygen atoms in total. The molecule has 1 N–H and O–H groups in total. The van der Waals surface area contributed by atoms with Crippen LogP contribution in [0.25, 0.3) is 0 Å². The minimum atomic E-state index is 0.592. The molecule has 0 saturated carbocycles. The van der Waals surface area contributed by atoms with Crippen LogP contribution in [-0.4, -0.2) is 73.9 Å². The number of anilines is 1. The van der Waals surface area contributed by atoms with Crippen molar-refractivity contribution in [3.8, 4) is 0 Å². The number of aromatic nitrogens is 2. The lowest BCUT2D eigenvalue weighted by Gasteiger charge is -2.39. The van der Waals surface area contributed by atoms with Crippen LogP contribution in [0, 0.1) is 5.92 Å². The maximum absolute atomic E-state index is 5.65. The smallest absolute Gasteiger partial charge is 0.225 e. The van der Waals surface area contributed by atoms with Gasteiger partial charge >= 0.3 is 0 Å². The first kappa shape index (κ1) is 14.7. The molecule has 0 aliphatic carbocycles. The largest absolute Gasteiger partial charge is 0.381 e. The fourth-order valence-electron chi connectivity index (χ4n) is 3.27. The highest BCUT2D eigenvalue weighted by Gasteiger charge is 2.28. The Morgan fingerprint density at radius 3 is 2.71 bits per heavy atom. The van der Waals surface area contributed by atoms with Gasteiger partial charge in [0.1, 0.15) is 0 Å². The maximum atomic E-state index is 5.65. The molecule has 3 heterocycles. The van der Waals surface area contributed by atoms with E-state index < -0.39 is 0 Å². The number of piperazine rings is 1. The molecule has 0 bridgehead atoms. The summed E-state index contributed by atoms with van der Waals surface area (Å²) in [4.78, 5) is 13.5. The van der Waals surface area contributed by atoms with E-state index in [1.807, 2.05) is 18.5 Å². The highest BCUT2D eigenvalue weighted by atomic mass is 16.5. The molecule has 2 fully saturated rings. The van der Waals surface area contributed by atoms with Crippen LogP contribution in [0.5, 0.6) is 0 Å². The summed E-state index contributed by atoms with van der Waals surface area (Å²) in [7, 11) is 2.06. The zero-order chi connectivity index (χ0) is 14.5. The molecule has 0 radical (unpaired) electrons. The van der Waals surface area contributed by atoms with Crippen molar-refractivity contribution in [3.63, 3.8) is 0 Å². The van der Waals surface area contributed by atoms with Crippen molar-refractivity contribution < 1.29 is 4.74 Å². The second-order valence-corrected chi connectivity index (χ2v) is 5.86. The fraction of sp³-hybridized carbons (Fsp3) is 0.733. The molecule has 2 saturated heterocycles. The van der Waals surface area contributed by atoms with E-state index in [0.717, 1.165) is 58.3 Å². The minimum Gasteiger partial charge on any atom is -0.381 e. The summed E-state index contributed by atoms with van der Waals surface area (Å²) in [5.74, 6) is 1.45. The number of rotatable bonds is 4. The normalized spacial score (nSPS) is 27.8. The third-order valence-electron chi connectivity index (χ3n) is 4.54. The molecule has 2 unspecified atom stereocenters. The van der Waals surface area contributed by atoms with Crippen molar-refractivity contribution >= 4 is 5.95 Å². The summed E-state index contributed by atoms with van der Waals surface area (Å²) in [6, 6.07) is 2.45. The molecule has 0 aromatic carbocycles. The average molecular weight is 291 g/mol. The molecular formula is C15H25N5O. The SMILES string of the molecule is CNC1CCOCC1CN1CCN(c2ncccn2)CC1. The lowest BCUT2D eigenvalue weighted by atomic mass is 9.95. The first-order valence-corrected chi connectivity index (χ1v) is 7.86. The number of nitrogens with one attached hydrogen (secondary N) is 1. The van der Waals surface area contributed by atoms with Crippen LogP contribution in [-0.2, 0) is 4.74 Å². The Kier molecular flexibility index (Phi) is 5.00. The van der Waals surface area contributed by atoms with E-state index in [9.17, 15) is 0 Å². The first-order chi connectivity index (χ1) is 10.4. The first-order valence-electron chi connectivity index (χ1n) is 7.86. The van der Waals surface area contributed by atoms with Crippen LogP contribution in [0.2, 0.25) is 0 Å².